The Kier molecular flexibility index (Phi) is 3.17. The Morgan fingerprint density at radius 2 is 2.10 bits per heavy atom. The molecule has 0 saturated heterocycles. The summed E-state index contributed by atoms with van der Waals surface area (Å²) in [7, 11) is 0. The van der Waals surface area contributed by atoms with Gasteiger partial charge in [0.2, 0.25) is 0 Å². The molecule has 106 valence electrons. The lowest BCUT2D eigenvalue weighted by molar-refractivity contribution is 0.0693. The third kappa shape index (κ3) is 2.27. The molecule has 0 saturated carbocycles. The number of pyridine rings is 1. The molecule has 0 fully saturated rings. The number of fused-ring (bicyclic) bond motifs is 1. The summed E-state index contributed by atoms with van der Waals surface area (Å²) >= 11 is 3.40. The fourth-order valence-electron chi connectivity index (χ4n) is 2.29. The summed E-state index contributed by atoms with van der Waals surface area (Å²) in [4.78, 5) is 11.2. The fourth-order valence-corrected chi connectivity index (χ4v) is 2.69. The molecule has 0 aliphatic rings. The maximum atomic E-state index is 11.2. The van der Waals surface area contributed by atoms with Crippen LogP contribution in [-0.4, -0.2) is 25.8 Å². The third-order valence-electron chi connectivity index (χ3n) is 3.26. The zero-order valence-electron chi connectivity index (χ0n) is 11.0. The van der Waals surface area contributed by atoms with Gasteiger partial charge in [-0.15, -0.1) is 0 Å². The molecule has 0 spiro atoms. The van der Waals surface area contributed by atoms with Crippen LogP contribution in [0.1, 0.15) is 15.9 Å². The first kappa shape index (κ1) is 13.6. The van der Waals surface area contributed by atoms with Crippen molar-refractivity contribution >= 4 is 27.4 Å². The molecule has 1 aromatic carbocycles. The first-order valence-electron chi connectivity index (χ1n) is 6.18. The summed E-state index contributed by atoms with van der Waals surface area (Å²) in [6.45, 7) is 1.63. The Hall–Kier alpha value is -2.34. The molecule has 2 N–H and O–H groups in total. The minimum absolute atomic E-state index is 0.0943. The summed E-state index contributed by atoms with van der Waals surface area (Å²) in [5.41, 5.74) is 2.27. The molecular formula is C15H11BrN2O3. The van der Waals surface area contributed by atoms with Gasteiger partial charge >= 0.3 is 5.97 Å². The SMILES string of the molecule is Cc1cn2nc(-c3cccc(Br)c3)cc2c(O)c1C(=O)O. The second-order valence-electron chi connectivity index (χ2n) is 4.71. The Balaban J connectivity index is 2.26. The Morgan fingerprint density at radius 3 is 2.76 bits per heavy atom. The van der Waals surface area contributed by atoms with Crippen LogP contribution in [0.15, 0.2) is 41.0 Å². The molecule has 21 heavy (non-hydrogen) atoms. The molecule has 3 aromatic rings. The number of nitrogens with zero attached hydrogens (tertiary/aromatic N) is 2. The van der Waals surface area contributed by atoms with Crippen molar-refractivity contribution in [2.45, 2.75) is 6.92 Å². The lowest BCUT2D eigenvalue weighted by atomic mass is 10.1. The quantitative estimate of drug-likeness (QED) is 0.744. The smallest absolute Gasteiger partial charge is 0.339 e. The van der Waals surface area contributed by atoms with E-state index in [4.69, 9.17) is 0 Å². The van der Waals surface area contributed by atoms with Crippen molar-refractivity contribution in [3.63, 3.8) is 0 Å². The van der Waals surface area contributed by atoms with Gasteiger partial charge in [0.25, 0.3) is 0 Å². The van der Waals surface area contributed by atoms with Crippen molar-refractivity contribution < 1.29 is 15.0 Å². The molecule has 3 rings (SSSR count). The first-order valence-corrected chi connectivity index (χ1v) is 6.98. The van der Waals surface area contributed by atoms with E-state index in [1.54, 1.807) is 19.2 Å². The van der Waals surface area contributed by atoms with Crippen LogP contribution in [0.5, 0.6) is 5.75 Å². The van der Waals surface area contributed by atoms with Gasteiger partial charge in [-0.05, 0) is 30.7 Å². The highest BCUT2D eigenvalue weighted by molar-refractivity contribution is 9.10. The number of carboxylic acid groups (broad SMARTS) is 1. The van der Waals surface area contributed by atoms with Crippen LogP contribution >= 0.6 is 15.9 Å². The molecule has 0 amide bonds. The van der Waals surface area contributed by atoms with Gasteiger partial charge in [0.15, 0.2) is 5.75 Å². The van der Waals surface area contributed by atoms with Crippen LogP contribution in [0.3, 0.4) is 0 Å². The van der Waals surface area contributed by atoms with Crippen LogP contribution < -0.4 is 0 Å². The van der Waals surface area contributed by atoms with Crippen molar-refractivity contribution in [3.8, 4) is 17.0 Å². The number of hydrogen-bond donors (Lipinski definition) is 2. The van der Waals surface area contributed by atoms with Crippen LogP contribution in [0.4, 0.5) is 0 Å². The van der Waals surface area contributed by atoms with Gasteiger partial charge in [-0.25, -0.2) is 9.31 Å². The van der Waals surface area contributed by atoms with Crippen LogP contribution in [0, 0.1) is 6.92 Å². The van der Waals surface area contributed by atoms with E-state index in [-0.39, 0.29) is 11.3 Å². The minimum Gasteiger partial charge on any atom is -0.505 e. The summed E-state index contributed by atoms with van der Waals surface area (Å²) in [5.74, 6) is -1.42. The van der Waals surface area contributed by atoms with E-state index in [9.17, 15) is 15.0 Å². The fraction of sp³-hybridized carbons (Fsp3) is 0.0667. The molecule has 0 aliphatic carbocycles. The van der Waals surface area contributed by atoms with E-state index in [1.807, 2.05) is 24.3 Å². The van der Waals surface area contributed by atoms with Gasteiger partial charge < -0.3 is 10.2 Å². The minimum atomic E-state index is -1.15. The normalized spacial score (nSPS) is 11.0. The molecule has 0 atom stereocenters. The van der Waals surface area contributed by atoms with E-state index in [2.05, 4.69) is 21.0 Å². The maximum Gasteiger partial charge on any atom is 0.339 e. The van der Waals surface area contributed by atoms with E-state index in [0.717, 1.165) is 10.0 Å². The predicted molar refractivity (Wildman–Crippen MR) is 81.7 cm³/mol. The zero-order chi connectivity index (χ0) is 15.1. The lowest BCUT2D eigenvalue weighted by Gasteiger charge is -2.05. The molecule has 2 aromatic heterocycles. The van der Waals surface area contributed by atoms with E-state index < -0.39 is 5.97 Å². The molecule has 0 bridgehead atoms. The maximum absolute atomic E-state index is 11.2. The number of carboxylic acids is 1. The number of benzene rings is 1. The third-order valence-corrected chi connectivity index (χ3v) is 3.75. The lowest BCUT2D eigenvalue weighted by Crippen LogP contribution is -2.03. The first-order chi connectivity index (χ1) is 9.97. The topological polar surface area (TPSA) is 74.8 Å². The van der Waals surface area contributed by atoms with Crippen molar-refractivity contribution in [1.29, 1.82) is 0 Å². The van der Waals surface area contributed by atoms with Crippen molar-refractivity contribution in [2.24, 2.45) is 0 Å². The molecule has 0 radical (unpaired) electrons. The molecule has 2 heterocycles. The number of rotatable bonds is 2. The van der Waals surface area contributed by atoms with E-state index in [1.165, 1.54) is 4.52 Å². The summed E-state index contributed by atoms with van der Waals surface area (Å²) < 4.78 is 2.41. The monoisotopic (exact) mass is 346 g/mol. The summed E-state index contributed by atoms with van der Waals surface area (Å²) in [6.07, 6.45) is 1.60. The molecular weight excluding hydrogens is 336 g/mol. The Labute approximate surface area is 128 Å². The van der Waals surface area contributed by atoms with Crippen LogP contribution in [0.2, 0.25) is 0 Å². The Morgan fingerprint density at radius 1 is 1.33 bits per heavy atom. The predicted octanol–water partition coefficient (Wildman–Crippen LogP) is 3.48. The summed E-state index contributed by atoms with van der Waals surface area (Å²) in [6, 6.07) is 9.27. The second kappa shape index (κ2) is 4.89. The van der Waals surface area contributed by atoms with Gasteiger partial charge in [-0.3, -0.25) is 0 Å². The van der Waals surface area contributed by atoms with E-state index >= 15 is 0 Å². The van der Waals surface area contributed by atoms with Gasteiger partial charge in [0.05, 0.1) is 5.69 Å². The second-order valence-corrected chi connectivity index (χ2v) is 5.63. The highest BCUT2D eigenvalue weighted by Crippen LogP contribution is 2.30. The van der Waals surface area contributed by atoms with Crippen LogP contribution in [0.25, 0.3) is 16.8 Å². The van der Waals surface area contributed by atoms with Gasteiger partial charge in [0.1, 0.15) is 11.1 Å². The van der Waals surface area contributed by atoms with Crippen LogP contribution in [-0.2, 0) is 0 Å². The number of carbonyl (C=O) groups is 1. The number of aromatic hydroxyl groups is 1. The van der Waals surface area contributed by atoms with Gasteiger partial charge in [0, 0.05) is 16.2 Å². The Bertz CT molecular complexity index is 871. The molecule has 0 unspecified atom stereocenters. The highest BCUT2D eigenvalue weighted by Gasteiger charge is 2.18. The largest absolute Gasteiger partial charge is 0.505 e. The van der Waals surface area contributed by atoms with E-state index in [0.29, 0.717) is 16.8 Å². The van der Waals surface area contributed by atoms with Gasteiger partial charge in [-0.2, -0.15) is 5.10 Å². The molecule has 5 nitrogen and oxygen atoms in total. The number of aromatic nitrogens is 2. The zero-order valence-corrected chi connectivity index (χ0v) is 12.6. The van der Waals surface area contributed by atoms with Crippen molar-refractivity contribution in [1.82, 2.24) is 9.61 Å². The number of aryl methyl sites for hydroxylation is 1. The molecule has 0 aliphatic heterocycles. The average molecular weight is 347 g/mol. The number of aromatic carboxylic acids is 1. The highest BCUT2D eigenvalue weighted by atomic mass is 79.9. The summed E-state index contributed by atoms with van der Waals surface area (Å²) in [5, 5.41) is 23.7. The van der Waals surface area contributed by atoms with Crippen molar-refractivity contribution in [2.75, 3.05) is 0 Å². The van der Waals surface area contributed by atoms with Gasteiger partial charge in [-0.1, -0.05) is 28.1 Å². The standard InChI is InChI=1S/C15H11BrN2O3/c1-8-7-18-12(14(19)13(8)15(20)21)6-11(17-18)9-3-2-4-10(16)5-9/h2-7,19H,1H3,(H,20,21). The van der Waals surface area contributed by atoms with Crippen molar-refractivity contribution in [3.05, 3.63) is 52.1 Å². The average Bonchev–Trinajstić information content (AvgIpc) is 2.82. The number of hydrogen-bond acceptors (Lipinski definition) is 3. The number of halogens is 1. The molecule has 6 heteroatoms.